The Bertz CT molecular complexity index is 249. The van der Waals surface area contributed by atoms with Crippen LogP contribution in [0.25, 0.3) is 0 Å². The first kappa shape index (κ1) is 14.3. The van der Waals surface area contributed by atoms with Crippen LogP contribution in [-0.4, -0.2) is 49.8 Å². The molecule has 18 heavy (non-hydrogen) atoms. The van der Waals surface area contributed by atoms with E-state index in [4.69, 9.17) is 4.74 Å². The third-order valence-corrected chi connectivity index (χ3v) is 4.88. The van der Waals surface area contributed by atoms with Crippen LogP contribution in [0, 0.1) is 0 Å². The van der Waals surface area contributed by atoms with Gasteiger partial charge in [-0.05, 0) is 46.7 Å². The van der Waals surface area contributed by atoms with Crippen molar-refractivity contribution in [2.45, 2.75) is 69.6 Å². The number of nitrogens with one attached hydrogen (secondary N) is 1. The number of likely N-dealkylation sites (N-methyl/N-ethyl adjacent to an activating group) is 1. The maximum absolute atomic E-state index is 5.87. The van der Waals surface area contributed by atoms with Crippen molar-refractivity contribution < 1.29 is 4.74 Å². The fourth-order valence-electron chi connectivity index (χ4n) is 3.49. The zero-order chi connectivity index (χ0) is 13.0. The summed E-state index contributed by atoms with van der Waals surface area (Å²) in [7, 11) is 4.47. The topological polar surface area (TPSA) is 24.5 Å². The van der Waals surface area contributed by atoms with E-state index < -0.39 is 0 Å². The van der Waals surface area contributed by atoms with Crippen LogP contribution in [-0.2, 0) is 4.74 Å². The van der Waals surface area contributed by atoms with Gasteiger partial charge in [-0.15, -0.1) is 0 Å². The molecule has 0 aromatic rings. The van der Waals surface area contributed by atoms with Gasteiger partial charge in [0, 0.05) is 18.6 Å². The molecule has 1 saturated heterocycles. The van der Waals surface area contributed by atoms with Crippen LogP contribution >= 0.6 is 0 Å². The third kappa shape index (κ3) is 3.46. The van der Waals surface area contributed by atoms with Crippen molar-refractivity contribution in [1.82, 2.24) is 10.2 Å². The van der Waals surface area contributed by atoms with Gasteiger partial charge in [0.1, 0.15) is 0 Å². The second-order valence-corrected chi connectivity index (χ2v) is 6.46. The molecule has 3 nitrogen and oxygen atoms in total. The standard InChI is InChI=1S/C15H30N2O/c1-13-7-8-14(18-13)11-16-12-15(17(2)3)9-5-4-6-10-15/h13-14,16H,4-12H2,1-3H3. The average molecular weight is 254 g/mol. The summed E-state index contributed by atoms with van der Waals surface area (Å²) in [6, 6.07) is 0. The second kappa shape index (κ2) is 6.36. The summed E-state index contributed by atoms with van der Waals surface area (Å²) in [4.78, 5) is 2.44. The van der Waals surface area contributed by atoms with E-state index in [9.17, 15) is 0 Å². The molecule has 0 amide bonds. The number of hydrogen-bond acceptors (Lipinski definition) is 3. The fraction of sp³-hybridized carbons (Fsp3) is 1.00. The van der Waals surface area contributed by atoms with Crippen molar-refractivity contribution in [3.05, 3.63) is 0 Å². The molecule has 1 aliphatic heterocycles. The molecule has 2 fully saturated rings. The fourth-order valence-corrected chi connectivity index (χ4v) is 3.49. The summed E-state index contributed by atoms with van der Waals surface area (Å²) in [6.07, 6.45) is 10.2. The highest BCUT2D eigenvalue weighted by Crippen LogP contribution is 2.31. The molecule has 1 heterocycles. The van der Waals surface area contributed by atoms with Crippen molar-refractivity contribution in [2.24, 2.45) is 0 Å². The Balaban J connectivity index is 1.75. The van der Waals surface area contributed by atoms with Crippen LogP contribution in [0.2, 0.25) is 0 Å². The van der Waals surface area contributed by atoms with E-state index in [1.54, 1.807) is 0 Å². The number of rotatable bonds is 5. The first-order valence-electron chi connectivity index (χ1n) is 7.66. The molecule has 1 saturated carbocycles. The molecule has 3 heteroatoms. The van der Waals surface area contributed by atoms with E-state index in [1.165, 1.54) is 44.9 Å². The minimum Gasteiger partial charge on any atom is -0.374 e. The predicted molar refractivity (Wildman–Crippen MR) is 75.9 cm³/mol. The summed E-state index contributed by atoms with van der Waals surface area (Å²) < 4.78 is 5.87. The van der Waals surface area contributed by atoms with Crippen LogP contribution in [0.1, 0.15) is 51.9 Å². The van der Waals surface area contributed by atoms with Gasteiger partial charge in [-0.1, -0.05) is 19.3 Å². The van der Waals surface area contributed by atoms with Gasteiger partial charge in [-0.3, -0.25) is 0 Å². The largest absolute Gasteiger partial charge is 0.374 e. The van der Waals surface area contributed by atoms with Gasteiger partial charge in [-0.2, -0.15) is 0 Å². The van der Waals surface area contributed by atoms with Gasteiger partial charge in [0.2, 0.25) is 0 Å². The van der Waals surface area contributed by atoms with E-state index >= 15 is 0 Å². The van der Waals surface area contributed by atoms with Crippen molar-refractivity contribution in [3.8, 4) is 0 Å². The Labute approximate surface area is 112 Å². The van der Waals surface area contributed by atoms with Gasteiger partial charge < -0.3 is 15.0 Å². The smallest absolute Gasteiger partial charge is 0.0704 e. The minimum absolute atomic E-state index is 0.391. The van der Waals surface area contributed by atoms with Crippen LogP contribution in [0.3, 0.4) is 0 Å². The summed E-state index contributed by atoms with van der Waals surface area (Å²) in [5.74, 6) is 0. The SMILES string of the molecule is CC1CCC(CNCC2(N(C)C)CCCCC2)O1. The maximum Gasteiger partial charge on any atom is 0.0704 e. The summed E-state index contributed by atoms with van der Waals surface area (Å²) in [6.45, 7) is 4.33. The monoisotopic (exact) mass is 254 g/mol. The Morgan fingerprint density at radius 1 is 1.17 bits per heavy atom. The van der Waals surface area contributed by atoms with Gasteiger partial charge in [0.05, 0.1) is 12.2 Å². The molecule has 1 N–H and O–H groups in total. The molecule has 1 aliphatic carbocycles. The summed E-state index contributed by atoms with van der Waals surface area (Å²) >= 11 is 0. The maximum atomic E-state index is 5.87. The van der Waals surface area contributed by atoms with Crippen LogP contribution in [0.15, 0.2) is 0 Å². The highest BCUT2D eigenvalue weighted by Gasteiger charge is 2.34. The summed E-state index contributed by atoms with van der Waals surface area (Å²) in [5.41, 5.74) is 0.391. The predicted octanol–water partition coefficient (Wildman–Crippen LogP) is 2.41. The van der Waals surface area contributed by atoms with Gasteiger partial charge in [0.15, 0.2) is 0 Å². The Morgan fingerprint density at radius 2 is 1.89 bits per heavy atom. The quantitative estimate of drug-likeness (QED) is 0.815. The molecule has 0 radical (unpaired) electrons. The lowest BCUT2D eigenvalue weighted by atomic mass is 9.80. The summed E-state index contributed by atoms with van der Waals surface area (Å²) in [5, 5.41) is 3.67. The van der Waals surface area contributed by atoms with Crippen molar-refractivity contribution in [3.63, 3.8) is 0 Å². The van der Waals surface area contributed by atoms with Crippen molar-refractivity contribution in [1.29, 1.82) is 0 Å². The molecule has 106 valence electrons. The molecule has 2 rings (SSSR count). The van der Waals surface area contributed by atoms with Crippen molar-refractivity contribution in [2.75, 3.05) is 27.2 Å². The molecule has 2 atom stereocenters. The van der Waals surface area contributed by atoms with E-state index in [2.05, 4.69) is 31.2 Å². The Morgan fingerprint density at radius 3 is 2.44 bits per heavy atom. The normalized spacial score (nSPS) is 32.0. The van der Waals surface area contributed by atoms with Crippen LogP contribution in [0.5, 0.6) is 0 Å². The van der Waals surface area contributed by atoms with Crippen LogP contribution < -0.4 is 5.32 Å². The molecule has 2 unspecified atom stereocenters. The second-order valence-electron chi connectivity index (χ2n) is 6.46. The molecule has 2 aliphatic rings. The van der Waals surface area contributed by atoms with E-state index in [1.807, 2.05) is 0 Å². The van der Waals surface area contributed by atoms with Crippen LogP contribution in [0.4, 0.5) is 0 Å². The molecular formula is C15H30N2O. The van der Waals surface area contributed by atoms with E-state index in [0.717, 1.165) is 13.1 Å². The van der Waals surface area contributed by atoms with Gasteiger partial charge in [0.25, 0.3) is 0 Å². The van der Waals surface area contributed by atoms with Gasteiger partial charge >= 0.3 is 0 Å². The van der Waals surface area contributed by atoms with Crippen molar-refractivity contribution >= 4 is 0 Å². The lowest BCUT2D eigenvalue weighted by Gasteiger charge is -2.43. The van der Waals surface area contributed by atoms with E-state index in [0.29, 0.717) is 17.7 Å². The number of ether oxygens (including phenoxy) is 1. The molecule has 0 spiro atoms. The lowest BCUT2D eigenvalue weighted by Crippen LogP contribution is -2.53. The Hall–Kier alpha value is -0.120. The number of nitrogens with zero attached hydrogens (tertiary/aromatic N) is 1. The molecule has 0 aromatic carbocycles. The lowest BCUT2D eigenvalue weighted by molar-refractivity contribution is 0.0485. The zero-order valence-corrected chi connectivity index (χ0v) is 12.4. The first-order chi connectivity index (χ1) is 8.62. The highest BCUT2D eigenvalue weighted by molar-refractivity contribution is 4.93. The highest BCUT2D eigenvalue weighted by atomic mass is 16.5. The minimum atomic E-state index is 0.391. The molecule has 0 bridgehead atoms. The average Bonchev–Trinajstić information content (AvgIpc) is 2.76. The zero-order valence-electron chi connectivity index (χ0n) is 12.4. The Kier molecular flexibility index (Phi) is 5.05. The molecular weight excluding hydrogens is 224 g/mol. The third-order valence-electron chi connectivity index (χ3n) is 4.88. The first-order valence-corrected chi connectivity index (χ1v) is 7.66. The van der Waals surface area contributed by atoms with E-state index in [-0.39, 0.29) is 0 Å². The number of hydrogen-bond donors (Lipinski definition) is 1. The van der Waals surface area contributed by atoms with Gasteiger partial charge in [-0.25, -0.2) is 0 Å². The molecule has 0 aromatic heterocycles.